The first-order valence-corrected chi connectivity index (χ1v) is 25.0. The third-order valence-corrected chi connectivity index (χ3v) is 15.2. The van der Waals surface area contributed by atoms with Crippen LogP contribution < -0.4 is 0 Å². The van der Waals surface area contributed by atoms with Crippen LogP contribution in [0.5, 0.6) is 0 Å². The van der Waals surface area contributed by atoms with Crippen molar-refractivity contribution in [1.82, 2.24) is 0 Å². The third kappa shape index (κ3) is 12.0. The molecule has 0 amide bonds. The van der Waals surface area contributed by atoms with Gasteiger partial charge in [-0.15, -0.1) is 0 Å². The Labute approximate surface area is 392 Å². The number of hydrogen-bond acceptors (Lipinski definition) is 14. The van der Waals surface area contributed by atoms with Crippen molar-refractivity contribution in [2.75, 3.05) is 19.8 Å². The zero-order valence-electron chi connectivity index (χ0n) is 40.3. The number of carbonyl (C=O) groups excluding carboxylic acids is 1. The molecule has 14 nitrogen and oxygen atoms in total. The van der Waals surface area contributed by atoms with E-state index in [1.165, 1.54) is 6.92 Å². The molecular formula is C52H80O14. The number of ether oxygens (including phenoxy) is 8. The monoisotopic (exact) mass is 929 g/mol. The van der Waals surface area contributed by atoms with Gasteiger partial charge in [0.2, 0.25) is 5.79 Å². The number of rotatable bonds is 15. The van der Waals surface area contributed by atoms with Gasteiger partial charge in [0.15, 0.2) is 17.2 Å². The number of esters is 1. The summed E-state index contributed by atoms with van der Waals surface area (Å²) in [5.41, 5.74) is 0.374. The van der Waals surface area contributed by atoms with E-state index in [-0.39, 0.29) is 49.8 Å². The first-order chi connectivity index (χ1) is 31.4. The van der Waals surface area contributed by atoms with Gasteiger partial charge in [0.1, 0.15) is 31.0 Å². The molecular weight excluding hydrogens is 849 g/mol. The summed E-state index contributed by atoms with van der Waals surface area (Å²) >= 11 is 0. The Balaban J connectivity index is 0.897. The highest BCUT2D eigenvalue weighted by Crippen LogP contribution is 2.47. The van der Waals surface area contributed by atoms with E-state index in [1.807, 2.05) is 32.1 Å². The smallest absolute Gasteiger partial charge is 0.338 e. The van der Waals surface area contributed by atoms with Gasteiger partial charge in [-0.25, -0.2) is 4.79 Å². The molecule has 14 heteroatoms. The van der Waals surface area contributed by atoms with Crippen molar-refractivity contribution in [2.24, 2.45) is 17.8 Å². The lowest BCUT2D eigenvalue weighted by atomic mass is 9.79. The van der Waals surface area contributed by atoms with Gasteiger partial charge < -0.3 is 63.4 Å². The number of aliphatic hydroxyl groups excluding tert-OH is 4. The summed E-state index contributed by atoms with van der Waals surface area (Å²) in [5.74, 6) is -3.30. The Bertz CT molecular complexity index is 1780. The molecule has 17 atom stereocenters. The van der Waals surface area contributed by atoms with E-state index in [0.717, 1.165) is 56.3 Å². The maximum absolute atomic E-state index is 13.0. The summed E-state index contributed by atoms with van der Waals surface area (Å²) in [6.45, 7) is 16.6. The average molecular weight is 929 g/mol. The zero-order valence-corrected chi connectivity index (χ0v) is 40.3. The van der Waals surface area contributed by atoms with Crippen LogP contribution in [0.4, 0.5) is 0 Å². The SMILES string of the molecule is C=C1C(O)C2OC3(CCC(C=CC(C)C4CC(C)=CC5(OC(CC(C)(O)C(=O)OCC(C)=CC=CCCO)CCC5O)O4)O3)CCC2OC1C(O)CC(C)C1OC2(CCCCO2)CCC1C. The van der Waals surface area contributed by atoms with Crippen molar-refractivity contribution in [3.05, 3.63) is 59.8 Å². The lowest BCUT2D eigenvalue weighted by Gasteiger charge is -2.50. The molecule has 7 rings (SSSR count). The van der Waals surface area contributed by atoms with Crippen molar-refractivity contribution in [3.8, 4) is 0 Å². The number of hydrogen-bond donors (Lipinski definition) is 5. The van der Waals surface area contributed by atoms with Crippen molar-refractivity contribution in [2.45, 2.75) is 222 Å². The molecule has 0 aliphatic carbocycles. The number of aliphatic hydroxyl groups is 5. The molecule has 0 bridgehead atoms. The van der Waals surface area contributed by atoms with E-state index in [9.17, 15) is 25.2 Å². The predicted octanol–water partition coefficient (Wildman–Crippen LogP) is 6.56. The molecule has 0 aromatic heterocycles. The van der Waals surface area contributed by atoms with Gasteiger partial charge in [-0.2, -0.15) is 0 Å². The summed E-state index contributed by atoms with van der Waals surface area (Å²) in [6.07, 6.45) is 15.4. The van der Waals surface area contributed by atoms with E-state index < -0.39 is 71.7 Å². The van der Waals surface area contributed by atoms with Crippen LogP contribution in [-0.4, -0.2) is 135 Å². The quantitative estimate of drug-likeness (QED) is 0.0674. The maximum Gasteiger partial charge on any atom is 0.338 e. The molecule has 3 spiro atoms. The van der Waals surface area contributed by atoms with Crippen molar-refractivity contribution >= 4 is 5.97 Å². The Morgan fingerprint density at radius 2 is 1.79 bits per heavy atom. The topological polar surface area (TPSA) is 192 Å². The molecule has 0 aromatic carbocycles. The molecule has 7 aliphatic rings. The van der Waals surface area contributed by atoms with E-state index in [2.05, 4.69) is 33.4 Å². The summed E-state index contributed by atoms with van der Waals surface area (Å²) in [7, 11) is 0. The summed E-state index contributed by atoms with van der Waals surface area (Å²) in [5, 5.41) is 54.7. The van der Waals surface area contributed by atoms with Crippen LogP contribution in [0.25, 0.3) is 0 Å². The molecule has 372 valence electrons. The second-order valence-electron chi connectivity index (χ2n) is 21.1. The Hall–Kier alpha value is -2.31. The molecule has 7 heterocycles. The molecule has 0 radical (unpaired) electrons. The van der Waals surface area contributed by atoms with Gasteiger partial charge in [0, 0.05) is 44.6 Å². The Morgan fingerprint density at radius 3 is 2.55 bits per heavy atom. The highest BCUT2D eigenvalue weighted by Gasteiger charge is 2.55. The highest BCUT2D eigenvalue weighted by atomic mass is 16.7. The molecule has 0 saturated carbocycles. The van der Waals surface area contributed by atoms with Gasteiger partial charge in [-0.1, -0.05) is 63.3 Å². The summed E-state index contributed by atoms with van der Waals surface area (Å²) in [6, 6.07) is 0. The Kier molecular flexibility index (Phi) is 17.0. The largest absolute Gasteiger partial charge is 0.459 e. The van der Waals surface area contributed by atoms with Gasteiger partial charge in [0.05, 0.1) is 43.2 Å². The fourth-order valence-corrected chi connectivity index (χ4v) is 11.3. The van der Waals surface area contributed by atoms with Crippen LogP contribution in [0.1, 0.15) is 138 Å². The second-order valence-corrected chi connectivity index (χ2v) is 21.1. The van der Waals surface area contributed by atoms with Crippen LogP contribution >= 0.6 is 0 Å². The minimum Gasteiger partial charge on any atom is -0.459 e. The molecule has 7 aliphatic heterocycles. The molecule has 6 saturated heterocycles. The van der Waals surface area contributed by atoms with Crippen molar-refractivity contribution in [1.29, 1.82) is 0 Å². The number of carbonyl (C=O) groups is 1. The average Bonchev–Trinajstić information content (AvgIpc) is 3.68. The zero-order chi connectivity index (χ0) is 47.4. The minimum absolute atomic E-state index is 0.0140. The predicted molar refractivity (Wildman–Crippen MR) is 246 cm³/mol. The van der Waals surface area contributed by atoms with Crippen molar-refractivity contribution in [3.63, 3.8) is 0 Å². The molecule has 66 heavy (non-hydrogen) atoms. The molecule has 0 aromatic rings. The van der Waals surface area contributed by atoms with E-state index >= 15 is 0 Å². The van der Waals surface area contributed by atoms with Gasteiger partial charge >= 0.3 is 5.97 Å². The summed E-state index contributed by atoms with van der Waals surface area (Å²) in [4.78, 5) is 13.0. The van der Waals surface area contributed by atoms with Crippen molar-refractivity contribution < 1.29 is 68.2 Å². The molecule has 5 N–H and O–H groups in total. The first kappa shape index (κ1) is 51.5. The third-order valence-electron chi connectivity index (χ3n) is 15.2. The van der Waals surface area contributed by atoms with Crippen LogP contribution in [0.2, 0.25) is 0 Å². The lowest BCUT2D eigenvalue weighted by Crippen LogP contribution is -2.60. The van der Waals surface area contributed by atoms with E-state index in [4.69, 9.17) is 43.0 Å². The second kappa shape index (κ2) is 21.8. The summed E-state index contributed by atoms with van der Waals surface area (Å²) < 4.78 is 51.2. The minimum atomic E-state index is -1.83. The normalized spacial score (nSPS) is 41.2. The van der Waals surface area contributed by atoms with Crippen LogP contribution in [-0.2, 0) is 42.7 Å². The fourth-order valence-electron chi connectivity index (χ4n) is 11.3. The number of fused-ring (bicyclic) bond motifs is 1. The Morgan fingerprint density at radius 1 is 1.02 bits per heavy atom. The van der Waals surface area contributed by atoms with Crippen LogP contribution in [0, 0.1) is 17.8 Å². The van der Waals surface area contributed by atoms with Gasteiger partial charge in [-0.05, 0) is 114 Å². The fraction of sp³-hybridized carbons (Fsp3) is 0.788. The van der Waals surface area contributed by atoms with Gasteiger partial charge in [0.25, 0.3) is 0 Å². The van der Waals surface area contributed by atoms with E-state index in [1.54, 1.807) is 12.2 Å². The van der Waals surface area contributed by atoms with Crippen LogP contribution in [0.15, 0.2) is 59.8 Å². The van der Waals surface area contributed by atoms with Gasteiger partial charge in [-0.3, -0.25) is 0 Å². The molecule has 6 fully saturated rings. The lowest BCUT2D eigenvalue weighted by molar-refractivity contribution is -0.321. The van der Waals surface area contributed by atoms with Crippen LogP contribution in [0.3, 0.4) is 0 Å². The highest BCUT2D eigenvalue weighted by molar-refractivity contribution is 5.78. The maximum atomic E-state index is 13.0. The van der Waals surface area contributed by atoms with E-state index in [0.29, 0.717) is 62.9 Å². The first-order valence-electron chi connectivity index (χ1n) is 25.0. The molecule has 17 unspecified atom stereocenters. The number of allylic oxidation sites excluding steroid dienone is 2. The standard InChI is InChI=1S/C52H80O14/c1-32(13-9-8-11-25-53)31-59-48(57)49(7,58)30-39-16-17-43(55)52(63-39)29-33(2)27-42(64-52)34(3)14-15-38-19-23-51(62-38)24-20-41-47(66-51)44(56)37(6)46(61-41)40(54)28-36(5)45-35(4)18-22-50(65-45)21-10-12-26-60-50/h8-9,13-15,29,34-36,38-47,53-56,58H,6,10-12,16-28,30-31H2,1-5,7H3.